The van der Waals surface area contributed by atoms with E-state index < -0.39 is 0 Å². The molecule has 24 heavy (non-hydrogen) atoms. The fraction of sp³-hybridized carbons (Fsp3) is 0.263. The first-order valence-electron chi connectivity index (χ1n) is 8.16. The second-order valence-corrected chi connectivity index (χ2v) is 6.20. The van der Waals surface area contributed by atoms with Gasteiger partial charge in [-0.3, -0.25) is 5.10 Å². The molecule has 2 aromatic rings. The Morgan fingerprint density at radius 1 is 1.25 bits per heavy atom. The molecule has 1 aliphatic heterocycles. The lowest BCUT2D eigenvalue weighted by Gasteiger charge is -2.31. The molecular formula is C19H18N4O. The number of H-pyrrole nitrogens is 1. The van der Waals surface area contributed by atoms with Crippen LogP contribution < -0.4 is 10.5 Å². The van der Waals surface area contributed by atoms with Gasteiger partial charge in [0, 0.05) is 5.92 Å². The number of aromatic nitrogens is 2. The summed E-state index contributed by atoms with van der Waals surface area (Å²) in [5, 5.41) is 17.1. The zero-order valence-electron chi connectivity index (χ0n) is 13.2. The number of allylic oxidation sites excluding steroid dienone is 3. The van der Waals surface area contributed by atoms with Crippen LogP contribution in [0.1, 0.15) is 30.7 Å². The number of ether oxygens (including phenoxy) is 1. The summed E-state index contributed by atoms with van der Waals surface area (Å²) in [6, 6.07) is 12.3. The van der Waals surface area contributed by atoms with E-state index in [0.29, 0.717) is 17.4 Å². The van der Waals surface area contributed by atoms with Gasteiger partial charge in [0.15, 0.2) is 0 Å². The summed E-state index contributed by atoms with van der Waals surface area (Å²) in [5.74, 6) is 0.907. The topological polar surface area (TPSA) is 87.7 Å². The first-order chi connectivity index (χ1) is 11.8. The van der Waals surface area contributed by atoms with Gasteiger partial charge in [0.25, 0.3) is 0 Å². The predicted octanol–water partition coefficient (Wildman–Crippen LogP) is 3.60. The van der Waals surface area contributed by atoms with Crippen molar-refractivity contribution in [3.63, 3.8) is 0 Å². The highest BCUT2D eigenvalue weighted by Gasteiger charge is 2.38. The highest BCUT2D eigenvalue weighted by atomic mass is 16.5. The van der Waals surface area contributed by atoms with Gasteiger partial charge in [-0.2, -0.15) is 5.26 Å². The molecule has 0 saturated carbocycles. The molecule has 0 unspecified atom stereocenters. The normalized spacial score (nSPS) is 22.6. The van der Waals surface area contributed by atoms with Gasteiger partial charge in [-0.05, 0) is 30.7 Å². The van der Waals surface area contributed by atoms with Crippen molar-refractivity contribution < 1.29 is 4.74 Å². The molecule has 3 N–H and O–H groups in total. The molecule has 4 rings (SSSR count). The van der Waals surface area contributed by atoms with Gasteiger partial charge in [0.05, 0.1) is 16.8 Å². The van der Waals surface area contributed by atoms with Crippen LogP contribution in [0.25, 0.3) is 11.3 Å². The minimum absolute atomic E-state index is 0.0855. The smallest absolute Gasteiger partial charge is 0.244 e. The minimum atomic E-state index is -0.0855. The molecule has 120 valence electrons. The fourth-order valence-corrected chi connectivity index (χ4v) is 3.70. The van der Waals surface area contributed by atoms with E-state index in [1.54, 1.807) is 0 Å². The Morgan fingerprint density at radius 2 is 2.08 bits per heavy atom. The van der Waals surface area contributed by atoms with Gasteiger partial charge < -0.3 is 10.5 Å². The third kappa shape index (κ3) is 2.28. The average Bonchev–Trinajstić information content (AvgIpc) is 3.05. The van der Waals surface area contributed by atoms with E-state index in [0.717, 1.165) is 36.1 Å². The summed E-state index contributed by atoms with van der Waals surface area (Å²) in [6.45, 7) is 0. The summed E-state index contributed by atoms with van der Waals surface area (Å²) < 4.78 is 5.63. The zero-order valence-corrected chi connectivity index (χ0v) is 13.2. The Kier molecular flexibility index (Phi) is 3.58. The van der Waals surface area contributed by atoms with Gasteiger partial charge in [-0.15, -0.1) is 5.10 Å². The lowest BCUT2D eigenvalue weighted by molar-refractivity contribution is 0.340. The number of hydrogen-bond acceptors (Lipinski definition) is 4. The van der Waals surface area contributed by atoms with Crippen LogP contribution in [0.15, 0.2) is 53.9 Å². The summed E-state index contributed by atoms with van der Waals surface area (Å²) in [7, 11) is 0. The molecule has 0 spiro atoms. The Balaban J connectivity index is 1.87. The van der Waals surface area contributed by atoms with E-state index in [2.05, 4.69) is 28.4 Å². The number of aromatic amines is 1. The maximum absolute atomic E-state index is 9.67. The first kappa shape index (κ1) is 14.6. The number of nitrogens with one attached hydrogen (secondary N) is 1. The van der Waals surface area contributed by atoms with Crippen molar-refractivity contribution in [2.24, 2.45) is 11.7 Å². The van der Waals surface area contributed by atoms with Gasteiger partial charge in [-0.25, -0.2) is 0 Å². The van der Waals surface area contributed by atoms with E-state index in [-0.39, 0.29) is 11.8 Å². The number of hydrogen-bond donors (Lipinski definition) is 2. The third-order valence-corrected chi connectivity index (χ3v) is 4.83. The van der Waals surface area contributed by atoms with E-state index in [1.165, 1.54) is 0 Å². The number of nitrogens with two attached hydrogens (primary N) is 1. The molecule has 0 radical (unpaired) electrons. The summed E-state index contributed by atoms with van der Waals surface area (Å²) >= 11 is 0. The molecule has 2 aliphatic rings. The molecule has 2 atom stereocenters. The molecule has 5 nitrogen and oxygen atoms in total. The van der Waals surface area contributed by atoms with Crippen LogP contribution in [0.2, 0.25) is 0 Å². The van der Waals surface area contributed by atoms with Crippen LogP contribution in [0.4, 0.5) is 0 Å². The second-order valence-electron chi connectivity index (χ2n) is 6.20. The molecule has 0 amide bonds. The number of fused-ring (bicyclic) bond motifs is 1. The third-order valence-electron chi connectivity index (χ3n) is 4.83. The van der Waals surface area contributed by atoms with Gasteiger partial charge >= 0.3 is 0 Å². The van der Waals surface area contributed by atoms with Crippen LogP contribution in [0, 0.1) is 17.2 Å². The van der Waals surface area contributed by atoms with Crippen molar-refractivity contribution in [2.75, 3.05) is 0 Å². The van der Waals surface area contributed by atoms with Crippen molar-refractivity contribution in [1.82, 2.24) is 10.2 Å². The van der Waals surface area contributed by atoms with Crippen LogP contribution in [-0.2, 0) is 0 Å². The Labute approximate surface area is 140 Å². The average molecular weight is 318 g/mol. The highest BCUT2D eigenvalue weighted by molar-refractivity contribution is 5.69. The lowest BCUT2D eigenvalue weighted by Crippen LogP contribution is -2.25. The zero-order chi connectivity index (χ0) is 16.5. The fourth-order valence-electron chi connectivity index (χ4n) is 3.70. The van der Waals surface area contributed by atoms with Crippen LogP contribution in [0.5, 0.6) is 5.88 Å². The number of benzene rings is 1. The quantitative estimate of drug-likeness (QED) is 0.828. The molecule has 2 heterocycles. The standard InChI is InChI=1S/C19H18N4O/c20-11-14-15(12-7-3-1-4-8-12)16-17(13-9-5-2-6-10-13)22-23-19(16)24-18(14)21/h1-3,5-6,9-10,12,15H,4,7-8,21H2,(H,22,23)/t12-,15-/m1/s1. The number of nitrogens with zero attached hydrogens (tertiary/aromatic N) is 2. The Hall–Kier alpha value is -3.00. The van der Waals surface area contributed by atoms with Gasteiger partial charge in [0.1, 0.15) is 6.07 Å². The van der Waals surface area contributed by atoms with Crippen molar-refractivity contribution in [3.05, 3.63) is 59.5 Å². The van der Waals surface area contributed by atoms with Crippen molar-refractivity contribution in [2.45, 2.75) is 25.2 Å². The van der Waals surface area contributed by atoms with E-state index in [4.69, 9.17) is 10.5 Å². The minimum Gasteiger partial charge on any atom is -0.420 e. The SMILES string of the molecule is N#CC1=C(N)Oc2n[nH]c(-c3ccccc3)c2[C@@H]1[C@@H]1CC=CCC1. The van der Waals surface area contributed by atoms with Gasteiger partial charge in [0.2, 0.25) is 11.8 Å². The van der Waals surface area contributed by atoms with Crippen molar-refractivity contribution >= 4 is 0 Å². The molecule has 0 fully saturated rings. The molecular weight excluding hydrogens is 300 g/mol. The van der Waals surface area contributed by atoms with Crippen LogP contribution in [-0.4, -0.2) is 10.2 Å². The number of nitriles is 1. The molecule has 5 heteroatoms. The largest absolute Gasteiger partial charge is 0.420 e. The molecule has 1 aromatic carbocycles. The van der Waals surface area contributed by atoms with E-state index in [1.807, 2.05) is 30.3 Å². The molecule has 0 bridgehead atoms. The van der Waals surface area contributed by atoms with Gasteiger partial charge in [-0.1, -0.05) is 42.5 Å². The van der Waals surface area contributed by atoms with Crippen LogP contribution in [0.3, 0.4) is 0 Å². The lowest BCUT2D eigenvalue weighted by atomic mass is 9.74. The van der Waals surface area contributed by atoms with E-state index >= 15 is 0 Å². The highest BCUT2D eigenvalue weighted by Crippen LogP contribution is 2.48. The molecule has 0 saturated heterocycles. The van der Waals surface area contributed by atoms with Crippen molar-refractivity contribution in [1.29, 1.82) is 5.26 Å². The monoisotopic (exact) mass is 318 g/mol. The maximum atomic E-state index is 9.67. The van der Waals surface area contributed by atoms with Crippen molar-refractivity contribution in [3.8, 4) is 23.2 Å². The number of rotatable bonds is 2. The van der Waals surface area contributed by atoms with E-state index in [9.17, 15) is 5.26 Å². The summed E-state index contributed by atoms with van der Waals surface area (Å²) in [6.07, 6.45) is 7.37. The Bertz CT molecular complexity index is 857. The van der Waals surface area contributed by atoms with Crippen LogP contribution >= 0.6 is 0 Å². The maximum Gasteiger partial charge on any atom is 0.244 e. The predicted molar refractivity (Wildman–Crippen MR) is 90.7 cm³/mol. The summed E-state index contributed by atoms with van der Waals surface area (Å²) in [4.78, 5) is 0. The molecule has 1 aromatic heterocycles. The second kappa shape index (κ2) is 5.89. The Morgan fingerprint density at radius 3 is 2.79 bits per heavy atom. The molecule has 1 aliphatic carbocycles. The summed E-state index contributed by atoms with van der Waals surface area (Å²) in [5.41, 5.74) is 9.42. The first-order valence-corrected chi connectivity index (χ1v) is 8.16.